The Morgan fingerprint density at radius 2 is 1.96 bits per heavy atom. The average molecular weight is 393 g/mol. The molecular weight excluding hydrogens is 377 g/mol. The summed E-state index contributed by atoms with van der Waals surface area (Å²) in [6.07, 6.45) is 1.99. The molecule has 1 aliphatic rings. The van der Waals surface area contributed by atoms with E-state index in [4.69, 9.17) is 0 Å². The number of nitrogens with one attached hydrogen (secondary N) is 2. The molecule has 0 bridgehead atoms. The number of sulfonamides is 1. The highest BCUT2D eigenvalue weighted by molar-refractivity contribution is 7.89. The molecule has 10 heteroatoms. The normalized spacial score (nSPS) is 14.0. The molecule has 0 radical (unpaired) electrons. The van der Waals surface area contributed by atoms with E-state index in [0.29, 0.717) is 12.5 Å². The van der Waals surface area contributed by atoms with Gasteiger partial charge in [0.1, 0.15) is 0 Å². The van der Waals surface area contributed by atoms with Crippen molar-refractivity contribution in [2.45, 2.75) is 17.7 Å². The SMILES string of the molecule is O=C(Nc1ccc(F)c([N+](=O)[O-])c1)c1cccc(S(=O)(=O)NCC2CC2)c1. The first kappa shape index (κ1) is 18.9. The standard InChI is InChI=1S/C17H16FN3O5S/c18-15-7-6-13(9-16(15)21(23)24)20-17(22)12-2-1-3-14(8-12)27(25,26)19-10-11-4-5-11/h1-3,6-9,11,19H,4-5,10H2,(H,20,22). The largest absolute Gasteiger partial charge is 0.322 e. The summed E-state index contributed by atoms with van der Waals surface area (Å²) in [5, 5.41) is 13.2. The zero-order chi connectivity index (χ0) is 19.6. The smallest absolute Gasteiger partial charge is 0.306 e. The molecule has 1 fully saturated rings. The predicted molar refractivity (Wildman–Crippen MR) is 95.4 cm³/mol. The second kappa shape index (κ2) is 7.41. The number of halogens is 1. The molecule has 0 aliphatic heterocycles. The van der Waals surface area contributed by atoms with Crippen molar-refractivity contribution in [3.8, 4) is 0 Å². The van der Waals surface area contributed by atoms with E-state index in [1.165, 1.54) is 30.3 Å². The van der Waals surface area contributed by atoms with Gasteiger partial charge in [-0.3, -0.25) is 14.9 Å². The maximum atomic E-state index is 13.4. The minimum absolute atomic E-state index is 0.0215. The third kappa shape index (κ3) is 4.66. The summed E-state index contributed by atoms with van der Waals surface area (Å²) < 4.78 is 40.5. The van der Waals surface area contributed by atoms with Crippen molar-refractivity contribution in [3.63, 3.8) is 0 Å². The van der Waals surface area contributed by atoms with E-state index in [1.54, 1.807) is 0 Å². The Labute approximate surface area is 154 Å². The van der Waals surface area contributed by atoms with Gasteiger partial charge in [0.05, 0.1) is 9.82 Å². The molecule has 0 saturated heterocycles. The van der Waals surface area contributed by atoms with E-state index in [-0.39, 0.29) is 16.1 Å². The van der Waals surface area contributed by atoms with Crippen molar-refractivity contribution in [2.24, 2.45) is 5.92 Å². The van der Waals surface area contributed by atoms with Crippen LogP contribution >= 0.6 is 0 Å². The van der Waals surface area contributed by atoms with Crippen molar-refractivity contribution in [1.29, 1.82) is 0 Å². The molecule has 1 saturated carbocycles. The number of hydrogen-bond acceptors (Lipinski definition) is 5. The van der Waals surface area contributed by atoms with Gasteiger partial charge in [0.2, 0.25) is 15.8 Å². The summed E-state index contributed by atoms with van der Waals surface area (Å²) in [7, 11) is -3.74. The topological polar surface area (TPSA) is 118 Å². The van der Waals surface area contributed by atoms with Crippen LogP contribution in [0, 0.1) is 21.8 Å². The summed E-state index contributed by atoms with van der Waals surface area (Å²) in [6.45, 7) is 0.359. The monoisotopic (exact) mass is 393 g/mol. The molecule has 0 atom stereocenters. The molecule has 8 nitrogen and oxygen atoms in total. The van der Waals surface area contributed by atoms with Gasteiger partial charge in [-0.05, 0) is 49.1 Å². The zero-order valence-corrected chi connectivity index (χ0v) is 14.8. The van der Waals surface area contributed by atoms with E-state index in [1.807, 2.05) is 0 Å². The Hall–Kier alpha value is -2.85. The quantitative estimate of drug-likeness (QED) is 0.554. The fourth-order valence-electron chi connectivity index (χ4n) is 2.37. The average Bonchev–Trinajstić information content (AvgIpc) is 3.46. The van der Waals surface area contributed by atoms with E-state index in [0.717, 1.165) is 25.0 Å². The lowest BCUT2D eigenvalue weighted by Crippen LogP contribution is -2.26. The van der Waals surface area contributed by atoms with Crippen LogP contribution in [-0.2, 0) is 10.0 Å². The maximum Gasteiger partial charge on any atom is 0.306 e. The molecule has 2 aromatic carbocycles. The molecule has 0 unspecified atom stereocenters. The molecule has 1 aliphatic carbocycles. The van der Waals surface area contributed by atoms with E-state index in [9.17, 15) is 27.7 Å². The molecule has 0 heterocycles. The Morgan fingerprint density at radius 1 is 1.22 bits per heavy atom. The van der Waals surface area contributed by atoms with Gasteiger partial charge in [-0.2, -0.15) is 4.39 Å². The summed E-state index contributed by atoms with van der Waals surface area (Å²) in [5.74, 6) is -1.33. The highest BCUT2D eigenvalue weighted by Crippen LogP contribution is 2.28. The maximum absolute atomic E-state index is 13.4. The summed E-state index contributed by atoms with van der Waals surface area (Å²) in [4.78, 5) is 22.2. The molecule has 2 N–H and O–H groups in total. The first-order chi connectivity index (χ1) is 12.8. The first-order valence-corrected chi connectivity index (χ1v) is 9.59. The van der Waals surface area contributed by atoms with Gasteiger partial charge in [0.25, 0.3) is 5.91 Å². The van der Waals surface area contributed by atoms with Crippen LogP contribution in [0.3, 0.4) is 0 Å². The van der Waals surface area contributed by atoms with Gasteiger partial charge in [-0.25, -0.2) is 13.1 Å². The summed E-state index contributed by atoms with van der Waals surface area (Å²) in [6, 6.07) is 8.36. The second-order valence-corrected chi connectivity index (χ2v) is 7.97. The fourth-order valence-corrected chi connectivity index (χ4v) is 3.53. The Bertz CT molecular complexity index is 1010. The van der Waals surface area contributed by atoms with E-state index >= 15 is 0 Å². The number of benzene rings is 2. The summed E-state index contributed by atoms with van der Waals surface area (Å²) >= 11 is 0. The highest BCUT2D eigenvalue weighted by atomic mass is 32.2. The van der Waals surface area contributed by atoms with Gasteiger partial charge in [-0.1, -0.05) is 6.07 Å². The molecule has 3 rings (SSSR count). The summed E-state index contributed by atoms with van der Waals surface area (Å²) in [5.41, 5.74) is -0.696. The lowest BCUT2D eigenvalue weighted by atomic mass is 10.2. The van der Waals surface area contributed by atoms with Crippen molar-refractivity contribution >= 4 is 27.3 Å². The molecule has 2 aromatic rings. The van der Waals surface area contributed by atoms with Crippen LogP contribution in [0.15, 0.2) is 47.4 Å². The predicted octanol–water partition coefficient (Wildman–Crippen LogP) is 2.67. The lowest BCUT2D eigenvalue weighted by molar-refractivity contribution is -0.387. The highest BCUT2D eigenvalue weighted by Gasteiger charge is 2.24. The van der Waals surface area contributed by atoms with Crippen molar-refractivity contribution in [3.05, 3.63) is 64.0 Å². The van der Waals surface area contributed by atoms with Crippen molar-refractivity contribution in [1.82, 2.24) is 4.72 Å². The fraction of sp³-hybridized carbons (Fsp3) is 0.235. The third-order valence-electron chi connectivity index (χ3n) is 4.07. The van der Waals surface area contributed by atoms with Gasteiger partial charge >= 0.3 is 5.69 Å². The Balaban J connectivity index is 1.77. The van der Waals surface area contributed by atoms with Crippen LogP contribution in [0.5, 0.6) is 0 Å². The molecular formula is C17H16FN3O5S. The van der Waals surface area contributed by atoms with E-state index < -0.39 is 32.4 Å². The molecule has 142 valence electrons. The Kier molecular flexibility index (Phi) is 5.19. The van der Waals surface area contributed by atoms with Crippen LogP contribution < -0.4 is 10.0 Å². The molecule has 0 aromatic heterocycles. The third-order valence-corrected chi connectivity index (χ3v) is 5.49. The van der Waals surface area contributed by atoms with Crippen LogP contribution in [0.25, 0.3) is 0 Å². The molecule has 1 amide bonds. The number of nitrogens with zero attached hydrogens (tertiary/aromatic N) is 1. The van der Waals surface area contributed by atoms with Crippen LogP contribution in [0.1, 0.15) is 23.2 Å². The van der Waals surface area contributed by atoms with Gasteiger partial charge < -0.3 is 5.32 Å². The van der Waals surface area contributed by atoms with Gasteiger partial charge in [-0.15, -0.1) is 0 Å². The lowest BCUT2D eigenvalue weighted by Gasteiger charge is -2.09. The van der Waals surface area contributed by atoms with Crippen molar-refractivity contribution in [2.75, 3.05) is 11.9 Å². The molecule has 27 heavy (non-hydrogen) atoms. The minimum Gasteiger partial charge on any atom is -0.322 e. The van der Waals surface area contributed by atoms with E-state index in [2.05, 4.69) is 10.0 Å². The number of carbonyl (C=O) groups excluding carboxylic acids is 1. The van der Waals surface area contributed by atoms with Gasteiger partial charge in [0.15, 0.2) is 0 Å². The number of rotatable bonds is 7. The van der Waals surface area contributed by atoms with Crippen LogP contribution in [-0.4, -0.2) is 25.8 Å². The number of carbonyl (C=O) groups is 1. The number of anilines is 1. The zero-order valence-electron chi connectivity index (χ0n) is 14.0. The molecule has 0 spiro atoms. The number of amides is 1. The second-order valence-electron chi connectivity index (χ2n) is 6.20. The Morgan fingerprint density at radius 3 is 2.63 bits per heavy atom. The van der Waals surface area contributed by atoms with Crippen LogP contribution in [0.2, 0.25) is 0 Å². The number of nitro groups is 1. The minimum atomic E-state index is -3.74. The van der Waals surface area contributed by atoms with Crippen LogP contribution in [0.4, 0.5) is 15.8 Å². The van der Waals surface area contributed by atoms with Gasteiger partial charge in [0, 0.05) is 23.9 Å². The number of hydrogen-bond donors (Lipinski definition) is 2. The van der Waals surface area contributed by atoms with Crippen molar-refractivity contribution < 1.29 is 22.5 Å². The number of nitro benzene ring substituents is 1. The first-order valence-electron chi connectivity index (χ1n) is 8.11.